The first-order valence-corrected chi connectivity index (χ1v) is 49.4. The standard InChI is InChI=1S/2C30H34N4O.C23H31N3O.C12H18N2.C11H14BrNO.C7H4BrN/c2*1-3-33(4-2)30(35)26-13-15-27(16-14-26)34(29-12-8-11-25(21-29)22-31)28-17-19-32(20-18-28)23-24-9-6-5-7-10-24;1-3-26(4-2)23(27)20-10-12-21(13-11-20)24-22-14-16-25(17-15-22)18-19-8-6-5-7-9-19;13-12-6-8-14(9-7-12)10-11-4-2-1-3-5-11;1-3-13(4-2)11(14)9-5-7-10(12)8-6-9;8-7-3-1-2-6(4-7)5-9/h2*5-16,21,28H,3-4,17-20,23H2,1-2H3;5-13,22,24H,3-4,14-18H2,1-2H3;1-5,12H,6-10,13H2;5-8H,3-4H2,1-2H3;1-4H. The van der Waals surface area contributed by atoms with E-state index in [1.807, 2.05) is 227 Å². The number of halogens is 2. The summed E-state index contributed by atoms with van der Waals surface area (Å²) >= 11 is 6.59. The molecule has 4 saturated heterocycles. The highest BCUT2D eigenvalue weighted by atomic mass is 79.9. The third kappa shape index (κ3) is 32.7. The molecule has 4 aliphatic rings. The molecular weight excluding hydrogens is 1790 g/mol. The maximum absolute atomic E-state index is 12.8. The summed E-state index contributed by atoms with van der Waals surface area (Å²) in [7, 11) is 0. The van der Waals surface area contributed by atoms with Crippen molar-refractivity contribution in [1.29, 1.82) is 15.8 Å². The Hall–Kier alpha value is -12.1. The van der Waals surface area contributed by atoms with Crippen LogP contribution in [0.4, 0.5) is 28.4 Å². The van der Waals surface area contributed by atoms with Crippen molar-refractivity contribution in [2.24, 2.45) is 5.73 Å². The molecule has 0 unspecified atom stereocenters. The fraction of sp³-hybridized carbons (Fsp3) is 0.354. The van der Waals surface area contributed by atoms with Crippen molar-refractivity contribution in [2.75, 3.05) is 120 Å². The van der Waals surface area contributed by atoms with Crippen LogP contribution in [0, 0.1) is 34.0 Å². The van der Waals surface area contributed by atoms with E-state index >= 15 is 0 Å². The number of nitriles is 3. The number of hydrogen-bond donors (Lipinski definition) is 2. The number of anilines is 5. The van der Waals surface area contributed by atoms with Crippen LogP contribution in [0.2, 0.25) is 0 Å². The molecule has 0 bridgehead atoms. The van der Waals surface area contributed by atoms with Gasteiger partial charge in [0, 0.05) is 202 Å². The highest BCUT2D eigenvalue weighted by molar-refractivity contribution is 9.10. The van der Waals surface area contributed by atoms with Crippen LogP contribution in [0.25, 0.3) is 0 Å². The number of nitrogens with two attached hydrogens (primary N) is 1. The SMILES string of the molecule is CCN(CC)C(=O)c1ccc(Br)cc1.CCN(CC)C(=O)c1ccc(N(c2cccc(C#N)c2)C2CCN(Cc3ccccc3)CC2)cc1.CCN(CC)C(=O)c1ccc(N(c2cccc(C#N)c2)C2CCN(Cc3ccccc3)CC2)cc1.CCN(CC)C(=O)c1ccc(NC2CCN(Cc3ccccc3)CC2)cc1.N#Cc1cccc(Br)c1.NC1CCN(Cc2ccccc2)CC1. The second kappa shape index (κ2) is 56.2. The molecule has 4 aliphatic heterocycles. The van der Waals surface area contributed by atoms with E-state index in [0.717, 1.165) is 205 Å². The minimum atomic E-state index is 0.0637. The molecule has 11 aromatic rings. The molecule has 4 amide bonds. The quantitative estimate of drug-likeness (QED) is 0.0467. The molecule has 3 N–H and O–H groups in total. The minimum Gasteiger partial charge on any atom is -0.382 e. The van der Waals surface area contributed by atoms with Gasteiger partial charge in [-0.1, -0.05) is 171 Å². The van der Waals surface area contributed by atoms with Crippen LogP contribution in [0.1, 0.15) is 187 Å². The molecule has 21 heteroatoms. The molecule has 15 rings (SSSR count). The Kier molecular flexibility index (Phi) is 43.6. The minimum absolute atomic E-state index is 0.0637. The molecule has 0 aromatic heterocycles. The van der Waals surface area contributed by atoms with Gasteiger partial charge in [-0.3, -0.25) is 38.8 Å². The first-order valence-electron chi connectivity index (χ1n) is 47.8. The zero-order chi connectivity index (χ0) is 95.4. The average Bonchev–Trinajstić information content (AvgIpc) is 0.799. The number of rotatable bonds is 28. The first-order chi connectivity index (χ1) is 65.3. The molecule has 0 spiro atoms. The van der Waals surface area contributed by atoms with Gasteiger partial charge in [0.2, 0.25) is 0 Å². The maximum atomic E-state index is 12.8. The smallest absolute Gasteiger partial charge is 0.253 e. The lowest BCUT2D eigenvalue weighted by Crippen LogP contribution is -2.43. The van der Waals surface area contributed by atoms with Gasteiger partial charge in [0.05, 0.1) is 34.9 Å². The summed E-state index contributed by atoms with van der Waals surface area (Å²) in [6.07, 6.45) is 8.71. The third-order valence-electron chi connectivity index (χ3n) is 25.1. The van der Waals surface area contributed by atoms with Gasteiger partial charge in [-0.05, 0) is 294 Å². The molecule has 0 radical (unpaired) electrons. The fourth-order valence-electron chi connectivity index (χ4n) is 17.4. The van der Waals surface area contributed by atoms with E-state index in [4.69, 9.17) is 11.0 Å². The zero-order valence-corrected chi connectivity index (χ0v) is 82.8. The van der Waals surface area contributed by atoms with E-state index < -0.39 is 0 Å². The second-order valence-electron chi connectivity index (χ2n) is 34.0. The van der Waals surface area contributed by atoms with E-state index in [1.54, 1.807) is 12.1 Å². The molecule has 19 nitrogen and oxygen atoms in total. The van der Waals surface area contributed by atoms with Crippen molar-refractivity contribution < 1.29 is 19.2 Å². The van der Waals surface area contributed by atoms with Gasteiger partial charge in [0.15, 0.2) is 0 Å². The van der Waals surface area contributed by atoms with Crippen LogP contribution in [-0.2, 0) is 26.2 Å². The van der Waals surface area contributed by atoms with Crippen LogP contribution >= 0.6 is 31.9 Å². The number of amides is 4. The highest BCUT2D eigenvalue weighted by Crippen LogP contribution is 2.36. The van der Waals surface area contributed by atoms with Crippen molar-refractivity contribution in [1.82, 2.24) is 39.2 Å². The molecule has 0 atom stereocenters. The Labute approximate surface area is 814 Å². The summed E-state index contributed by atoms with van der Waals surface area (Å²) < 4.78 is 1.94. The Balaban J connectivity index is 0.000000176. The van der Waals surface area contributed by atoms with Gasteiger partial charge >= 0.3 is 0 Å². The Morgan fingerprint density at radius 3 is 0.866 bits per heavy atom. The molecule has 4 heterocycles. The third-order valence-corrected chi connectivity index (χ3v) is 26.1. The van der Waals surface area contributed by atoms with Gasteiger partial charge in [-0.15, -0.1) is 0 Å². The lowest BCUT2D eigenvalue weighted by atomic mass is 9.99. The maximum Gasteiger partial charge on any atom is 0.253 e. The summed E-state index contributed by atoms with van der Waals surface area (Å²) in [5.74, 6) is 0.339. The predicted octanol–water partition coefficient (Wildman–Crippen LogP) is 22.8. The monoisotopic (exact) mass is 1920 g/mol. The molecular formula is C113H135Br2N15O4. The predicted molar refractivity (Wildman–Crippen MR) is 555 cm³/mol. The van der Waals surface area contributed by atoms with Crippen molar-refractivity contribution in [3.05, 3.63) is 361 Å². The molecule has 4 fully saturated rings. The van der Waals surface area contributed by atoms with Crippen molar-refractivity contribution in [3.8, 4) is 18.2 Å². The van der Waals surface area contributed by atoms with Crippen molar-refractivity contribution in [3.63, 3.8) is 0 Å². The Bertz CT molecular complexity index is 5260. The number of nitrogens with zero attached hydrogens (tertiary/aromatic N) is 13. The number of carbonyl (C=O) groups excluding carboxylic acids is 4. The van der Waals surface area contributed by atoms with Crippen LogP contribution in [0.3, 0.4) is 0 Å². The van der Waals surface area contributed by atoms with Crippen LogP contribution in [0.15, 0.2) is 300 Å². The molecule has 0 aliphatic carbocycles. The molecule has 700 valence electrons. The van der Waals surface area contributed by atoms with E-state index in [1.165, 1.54) is 22.3 Å². The number of benzene rings is 11. The van der Waals surface area contributed by atoms with Gasteiger partial charge in [0.25, 0.3) is 23.6 Å². The van der Waals surface area contributed by atoms with Crippen LogP contribution < -0.4 is 20.9 Å². The summed E-state index contributed by atoms with van der Waals surface area (Å²) in [4.78, 5) is 71.9. The van der Waals surface area contributed by atoms with E-state index in [-0.39, 0.29) is 23.6 Å². The summed E-state index contributed by atoms with van der Waals surface area (Å²) in [5.41, 5.74) is 21.5. The number of hydrogen-bond acceptors (Lipinski definition) is 15. The normalized spacial score (nSPS) is 14.3. The van der Waals surface area contributed by atoms with E-state index in [9.17, 15) is 29.7 Å². The van der Waals surface area contributed by atoms with E-state index in [0.29, 0.717) is 78.2 Å². The summed E-state index contributed by atoms with van der Waals surface area (Å²) in [5, 5.41) is 31.0. The topological polar surface area (TPSA) is 210 Å². The lowest BCUT2D eigenvalue weighted by Gasteiger charge is -2.40. The van der Waals surface area contributed by atoms with Crippen molar-refractivity contribution in [2.45, 2.75) is 157 Å². The first kappa shape index (κ1) is 104. The summed E-state index contributed by atoms with van der Waals surface area (Å²) in [6, 6.07) is 105. The number of carbonyl (C=O) groups is 4. The number of nitrogens with one attached hydrogen (secondary N) is 1. The average molecular weight is 1930 g/mol. The zero-order valence-electron chi connectivity index (χ0n) is 79.6. The van der Waals surface area contributed by atoms with E-state index in [2.05, 4.69) is 212 Å². The Morgan fingerprint density at radius 1 is 0.313 bits per heavy atom. The second-order valence-corrected chi connectivity index (χ2v) is 35.9. The van der Waals surface area contributed by atoms with Gasteiger partial charge in [-0.25, -0.2) is 0 Å². The molecule has 134 heavy (non-hydrogen) atoms. The Morgan fingerprint density at radius 2 is 0.582 bits per heavy atom. The largest absolute Gasteiger partial charge is 0.382 e. The lowest BCUT2D eigenvalue weighted by molar-refractivity contribution is 0.0765. The van der Waals surface area contributed by atoms with Crippen molar-refractivity contribution >= 4 is 83.9 Å². The fourth-order valence-corrected chi connectivity index (χ4v) is 18.0. The molecule has 0 saturated carbocycles. The van der Waals surface area contributed by atoms with Crippen LogP contribution in [0.5, 0.6) is 0 Å². The number of piperidine rings is 4. The van der Waals surface area contributed by atoms with Gasteiger partial charge in [-0.2, -0.15) is 15.8 Å². The molecule has 11 aromatic carbocycles. The van der Waals surface area contributed by atoms with Gasteiger partial charge < -0.3 is 40.4 Å². The highest BCUT2D eigenvalue weighted by Gasteiger charge is 2.30. The number of likely N-dealkylation sites (tertiary alicyclic amines) is 4. The summed E-state index contributed by atoms with van der Waals surface area (Å²) in [6.45, 7) is 34.5. The van der Waals surface area contributed by atoms with Crippen LogP contribution in [-0.4, -0.2) is 192 Å². The van der Waals surface area contributed by atoms with Gasteiger partial charge in [0.1, 0.15) is 0 Å².